The number of carbonyl (C=O) groups is 1. The van der Waals surface area contributed by atoms with Gasteiger partial charge in [-0.15, -0.1) is 0 Å². The zero-order valence-corrected chi connectivity index (χ0v) is 9.55. The molecule has 0 aliphatic carbocycles. The van der Waals surface area contributed by atoms with E-state index in [1.807, 2.05) is 0 Å². The van der Waals surface area contributed by atoms with E-state index < -0.39 is 11.8 Å². The number of methoxy groups -OCH3 is 1. The van der Waals surface area contributed by atoms with Gasteiger partial charge in [0.2, 0.25) is 0 Å². The number of benzene rings is 1. The van der Waals surface area contributed by atoms with E-state index in [0.29, 0.717) is 11.3 Å². The van der Waals surface area contributed by atoms with E-state index in [-0.39, 0.29) is 11.3 Å². The third-order valence-electron chi connectivity index (χ3n) is 2.45. The Morgan fingerprint density at radius 2 is 2.11 bits per heavy atom. The number of ether oxygens (including phenoxy) is 1. The molecule has 0 bridgehead atoms. The van der Waals surface area contributed by atoms with E-state index in [1.54, 1.807) is 6.07 Å². The minimum absolute atomic E-state index is 0.108. The molecule has 2 aromatic rings. The summed E-state index contributed by atoms with van der Waals surface area (Å²) in [6, 6.07) is 7.12. The van der Waals surface area contributed by atoms with Crippen LogP contribution in [0.25, 0.3) is 11.3 Å². The van der Waals surface area contributed by atoms with Gasteiger partial charge in [0.1, 0.15) is 0 Å². The monoisotopic (exact) mass is 247 g/mol. The van der Waals surface area contributed by atoms with Crippen LogP contribution in [0.5, 0.6) is 5.75 Å². The van der Waals surface area contributed by atoms with Crippen molar-refractivity contribution in [2.75, 3.05) is 7.11 Å². The minimum atomic E-state index is -1.05. The molecular weight excluding hydrogens is 237 g/mol. The molecule has 1 aromatic heterocycles. The van der Waals surface area contributed by atoms with Crippen molar-refractivity contribution in [3.8, 4) is 17.0 Å². The minimum Gasteiger partial charge on any atom is -0.494 e. The van der Waals surface area contributed by atoms with Crippen LogP contribution in [0.1, 0.15) is 10.4 Å². The molecule has 18 heavy (non-hydrogen) atoms. The van der Waals surface area contributed by atoms with Crippen molar-refractivity contribution in [1.29, 1.82) is 0 Å². The van der Waals surface area contributed by atoms with Gasteiger partial charge in [-0.2, -0.15) is 0 Å². The van der Waals surface area contributed by atoms with Gasteiger partial charge in [0.15, 0.2) is 11.6 Å². The molecule has 1 aromatic carbocycles. The highest BCUT2D eigenvalue weighted by Crippen LogP contribution is 2.24. The van der Waals surface area contributed by atoms with Crippen molar-refractivity contribution in [2.24, 2.45) is 0 Å². The van der Waals surface area contributed by atoms with Crippen LogP contribution in [0.4, 0.5) is 4.39 Å². The first kappa shape index (κ1) is 12.0. The van der Waals surface area contributed by atoms with Crippen LogP contribution >= 0.6 is 0 Å². The van der Waals surface area contributed by atoms with Gasteiger partial charge < -0.3 is 9.84 Å². The Morgan fingerprint density at radius 3 is 2.72 bits per heavy atom. The second-order valence-electron chi connectivity index (χ2n) is 3.58. The van der Waals surface area contributed by atoms with Crippen LogP contribution in [0.2, 0.25) is 0 Å². The summed E-state index contributed by atoms with van der Waals surface area (Å²) in [6.07, 6.45) is 1.38. The van der Waals surface area contributed by atoms with Crippen LogP contribution in [0, 0.1) is 5.82 Å². The highest BCUT2D eigenvalue weighted by molar-refractivity contribution is 5.88. The van der Waals surface area contributed by atoms with Crippen LogP contribution in [0.3, 0.4) is 0 Å². The highest BCUT2D eigenvalue weighted by Gasteiger charge is 2.09. The molecule has 0 radical (unpaired) electrons. The second-order valence-corrected chi connectivity index (χ2v) is 3.58. The van der Waals surface area contributed by atoms with E-state index in [2.05, 4.69) is 4.98 Å². The maximum absolute atomic E-state index is 13.5. The number of hydrogen-bond acceptors (Lipinski definition) is 3. The second kappa shape index (κ2) is 4.83. The summed E-state index contributed by atoms with van der Waals surface area (Å²) < 4.78 is 18.3. The summed E-state index contributed by atoms with van der Waals surface area (Å²) in [7, 11) is 1.38. The van der Waals surface area contributed by atoms with Gasteiger partial charge >= 0.3 is 5.97 Å². The molecule has 1 heterocycles. The van der Waals surface area contributed by atoms with Crippen LogP contribution in [-0.4, -0.2) is 23.2 Å². The van der Waals surface area contributed by atoms with Gasteiger partial charge in [-0.05, 0) is 30.3 Å². The Hall–Kier alpha value is -2.43. The molecule has 4 nitrogen and oxygen atoms in total. The average molecular weight is 247 g/mol. The molecule has 0 spiro atoms. The standard InChI is InChI=1S/C13H10FNO3/c1-18-12-3-2-8(6-10(12)14)11-7-9(13(16)17)4-5-15-11/h2-7H,1H3,(H,16,17). The van der Waals surface area contributed by atoms with E-state index in [0.717, 1.165) is 0 Å². The molecule has 2 rings (SSSR count). The number of hydrogen-bond donors (Lipinski definition) is 1. The lowest BCUT2D eigenvalue weighted by atomic mass is 10.1. The Balaban J connectivity index is 2.45. The number of pyridine rings is 1. The molecule has 0 saturated carbocycles. The fourth-order valence-corrected chi connectivity index (χ4v) is 1.55. The number of aromatic nitrogens is 1. The summed E-state index contributed by atoms with van der Waals surface area (Å²) in [4.78, 5) is 14.8. The number of carboxylic acids is 1. The normalized spacial score (nSPS) is 10.1. The predicted octanol–water partition coefficient (Wildman–Crippen LogP) is 2.59. The topological polar surface area (TPSA) is 59.4 Å². The molecule has 0 amide bonds. The van der Waals surface area contributed by atoms with Gasteiger partial charge in [0, 0.05) is 11.8 Å². The summed E-state index contributed by atoms with van der Waals surface area (Å²) in [5.41, 5.74) is 1.00. The summed E-state index contributed by atoms with van der Waals surface area (Å²) in [5.74, 6) is -1.43. The number of nitrogens with zero attached hydrogens (tertiary/aromatic N) is 1. The van der Waals surface area contributed by atoms with Crippen LogP contribution in [-0.2, 0) is 0 Å². The first-order valence-corrected chi connectivity index (χ1v) is 5.15. The lowest BCUT2D eigenvalue weighted by Crippen LogP contribution is -1.97. The van der Waals surface area contributed by atoms with Gasteiger partial charge in [-0.1, -0.05) is 0 Å². The van der Waals surface area contributed by atoms with E-state index in [9.17, 15) is 9.18 Å². The lowest BCUT2D eigenvalue weighted by molar-refractivity contribution is 0.0697. The van der Waals surface area contributed by atoms with Gasteiger partial charge in [0.25, 0.3) is 0 Å². The number of rotatable bonds is 3. The Morgan fingerprint density at radius 1 is 1.33 bits per heavy atom. The van der Waals surface area contributed by atoms with Crippen LogP contribution in [0.15, 0.2) is 36.5 Å². The van der Waals surface area contributed by atoms with E-state index >= 15 is 0 Å². The fourth-order valence-electron chi connectivity index (χ4n) is 1.55. The third-order valence-corrected chi connectivity index (χ3v) is 2.45. The third kappa shape index (κ3) is 2.29. The Bertz CT molecular complexity index is 599. The van der Waals surface area contributed by atoms with Crippen molar-refractivity contribution in [3.63, 3.8) is 0 Å². The molecular formula is C13H10FNO3. The Kier molecular flexibility index (Phi) is 3.23. The predicted molar refractivity (Wildman–Crippen MR) is 63.1 cm³/mol. The molecule has 92 valence electrons. The first-order chi connectivity index (χ1) is 8.61. The number of carboxylic acid groups (broad SMARTS) is 1. The summed E-state index contributed by atoms with van der Waals surface area (Å²) >= 11 is 0. The lowest BCUT2D eigenvalue weighted by Gasteiger charge is -2.05. The zero-order valence-electron chi connectivity index (χ0n) is 9.55. The number of aromatic carboxylic acids is 1. The first-order valence-electron chi connectivity index (χ1n) is 5.15. The molecule has 0 fully saturated rings. The van der Waals surface area contributed by atoms with Crippen molar-refractivity contribution in [3.05, 3.63) is 47.9 Å². The maximum Gasteiger partial charge on any atom is 0.335 e. The van der Waals surface area contributed by atoms with Gasteiger partial charge in [-0.3, -0.25) is 4.98 Å². The van der Waals surface area contributed by atoms with Crippen LogP contribution < -0.4 is 4.74 Å². The maximum atomic E-state index is 13.5. The van der Waals surface area contributed by atoms with Crippen molar-refractivity contribution in [2.45, 2.75) is 0 Å². The molecule has 0 aliphatic heterocycles. The van der Waals surface area contributed by atoms with Gasteiger partial charge in [0.05, 0.1) is 18.4 Å². The Labute approximate surface area is 103 Å². The smallest absolute Gasteiger partial charge is 0.335 e. The number of halogens is 1. The molecule has 0 saturated heterocycles. The average Bonchev–Trinajstić information content (AvgIpc) is 2.38. The SMILES string of the molecule is COc1ccc(-c2cc(C(=O)O)ccn2)cc1F. The van der Waals surface area contributed by atoms with Crippen molar-refractivity contribution >= 4 is 5.97 Å². The van der Waals surface area contributed by atoms with E-state index in [4.69, 9.17) is 9.84 Å². The van der Waals surface area contributed by atoms with Crippen molar-refractivity contribution < 1.29 is 19.0 Å². The molecule has 0 unspecified atom stereocenters. The molecule has 0 aliphatic rings. The fraction of sp³-hybridized carbons (Fsp3) is 0.0769. The summed E-state index contributed by atoms with van der Waals surface area (Å²) in [5, 5.41) is 8.87. The molecule has 0 atom stereocenters. The molecule has 1 N–H and O–H groups in total. The summed E-state index contributed by atoms with van der Waals surface area (Å²) in [6.45, 7) is 0. The van der Waals surface area contributed by atoms with E-state index in [1.165, 1.54) is 37.6 Å². The van der Waals surface area contributed by atoms with Gasteiger partial charge in [-0.25, -0.2) is 9.18 Å². The van der Waals surface area contributed by atoms with Crippen molar-refractivity contribution in [1.82, 2.24) is 4.98 Å². The molecule has 5 heteroatoms. The largest absolute Gasteiger partial charge is 0.494 e. The zero-order chi connectivity index (χ0) is 13.1. The highest BCUT2D eigenvalue weighted by atomic mass is 19.1. The quantitative estimate of drug-likeness (QED) is 0.905.